The summed E-state index contributed by atoms with van der Waals surface area (Å²) in [6.07, 6.45) is 14.2. The molecule has 0 bridgehead atoms. The number of H-pyrrole nitrogens is 1. The molecule has 2 atom stereocenters. The average Bonchev–Trinajstić information content (AvgIpc) is 3.53. The molecule has 2 heterocycles. The van der Waals surface area contributed by atoms with Gasteiger partial charge in [0, 0.05) is 12.6 Å². The van der Waals surface area contributed by atoms with E-state index in [-0.39, 0.29) is 35.1 Å². The minimum Gasteiger partial charge on any atom is -0.468 e. The number of esters is 1. The van der Waals surface area contributed by atoms with Gasteiger partial charge < -0.3 is 24.5 Å². The van der Waals surface area contributed by atoms with Crippen LogP contribution in [0.15, 0.2) is 11.1 Å². The van der Waals surface area contributed by atoms with Gasteiger partial charge in [-0.05, 0) is 53.4 Å². The van der Waals surface area contributed by atoms with Gasteiger partial charge in [-0.1, -0.05) is 0 Å². The van der Waals surface area contributed by atoms with Gasteiger partial charge in [-0.3, -0.25) is 29.5 Å². The van der Waals surface area contributed by atoms with Gasteiger partial charge in [0.1, 0.15) is 12.1 Å². The number of nitrogens with one attached hydrogen (secondary N) is 3. The number of nitrogens with two attached hydrogens (primary N) is 1. The van der Waals surface area contributed by atoms with Crippen molar-refractivity contribution in [2.45, 2.75) is 78.1 Å². The van der Waals surface area contributed by atoms with Crippen molar-refractivity contribution in [3.63, 3.8) is 0 Å². The first kappa shape index (κ1) is 33.0. The third kappa shape index (κ3) is 11.6. The van der Waals surface area contributed by atoms with E-state index in [1.54, 1.807) is 17.8 Å². The highest BCUT2D eigenvalue weighted by atomic mass is 31.1. The maximum absolute atomic E-state index is 12.4. The predicted molar refractivity (Wildman–Crippen MR) is 147 cm³/mol. The normalized spacial score (nSPS) is 14.6. The Morgan fingerprint density at radius 2 is 2.00 bits per heavy atom. The quantitative estimate of drug-likeness (QED) is 0.0937. The van der Waals surface area contributed by atoms with E-state index in [0.717, 1.165) is 25.7 Å². The van der Waals surface area contributed by atoms with Crippen molar-refractivity contribution in [3.8, 4) is 12.8 Å². The van der Waals surface area contributed by atoms with E-state index in [2.05, 4.69) is 42.7 Å². The van der Waals surface area contributed by atoms with Gasteiger partial charge in [-0.15, -0.1) is 12.8 Å². The topological polar surface area (TPSA) is 175 Å². The highest BCUT2D eigenvalue weighted by Crippen LogP contribution is 2.28. The molecule has 13 nitrogen and oxygen atoms in total. The van der Waals surface area contributed by atoms with E-state index in [1.165, 1.54) is 0 Å². The first-order chi connectivity index (χ1) is 18.2. The predicted octanol–water partition coefficient (Wildman–Crippen LogP) is 1.88. The molecule has 1 aliphatic rings. The fourth-order valence-corrected chi connectivity index (χ4v) is 5.24. The molecule has 1 fully saturated rings. The van der Waals surface area contributed by atoms with E-state index in [4.69, 9.17) is 15.2 Å². The lowest BCUT2D eigenvalue weighted by molar-refractivity contribution is -0.150. The number of rotatable bonds is 13. The van der Waals surface area contributed by atoms with Crippen LogP contribution in [0.5, 0.6) is 0 Å². The lowest BCUT2D eigenvalue weighted by Crippen LogP contribution is -2.38. The molecule has 0 aliphatic heterocycles. The Hall–Kier alpha value is -3.04. The van der Waals surface area contributed by atoms with E-state index in [1.807, 2.05) is 20.8 Å². The van der Waals surface area contributed by atoms with Gasteiger partial charge in [0.25, 0.3) is 12.0 Å². The standard InChI is InChI=1S/C19H32N7O4P.C3H6O2.C2H2/c1-12(2)24-31(25-13(3)18(28)30-14-6-4-5-7-14)11-29-9-8-26-10-21-15-16(26)22-19(20)23-17(15)27;1-2-5-3-4;1-2/h10,12-14,24-25H,4-9,11H2,1-3H3,(H3,20,22,23,27);3H,2H2,1H3;1-2H/t13-,31?;;/m0../s1. The summed E-state index contributed by atoms with van der Waals surface area (Å²) in [5.41, 5.74) is 5.93. The minimum absolute atomic E-state index is 0.0486. The zero-order chi connectivity index (χ0) is 28.5. The molecule has 1 saturated carbocycles. The highest BCUT2D eigenvalue weighted by Gasteiger charge is 2.25. The number of imidazole rings is 1. The van der Waals surface area contributed by atoms with E-state index >= 15 is 0 Å². The summed E-state index contributed by atoms with van der Waals surface area (Å²) in [7, 11) is -0.942. The maximum atomic E-state index is 12.4. The first-order valence-electron chi connectivity index (χ1n) is 12.4. The number of fused-ring (bicyclic) bond motifs is 1. The number of anilines is 1. The zero-order valence-electron chi connectivity index (χ0n) is 22.5. The van der Waals surface area contributed by atoms with Gasteiger partial charge in [-0.25, -0.2) is 4.98 Å². The molecule has 38 heavy (non-hydrogen) atoms. The number of carbonyl (C=O) groups excluding carboxylic acids is 2. The maximum Gasteiger partial charge on any atom is 0.323 e. The number of terminal acetylenes is 1. The van der Waals surface area contributed by atoms with Crippen LogP contribution in [0.1, 0.15) is 53.4 Å². The molecule has 0 amide bonds. The van der Waals surface area contributed by atoms with Crippen molar-refractivity contribution >= 4 is 37.8 Å². The average molecular weight is 554 g/mol. The number of nitrogens with zero attached hydrogens (tertiary/aromatic N) is 3. The fourth-order valence-electron chi connectivity index (χ4n) is 3.50. The van der Waals surface area contributed by atoms with E-state index in [9.17, 15) is 14.4 Å². The van der Waals surface area contributed by atoms with Crippen LogP contribution >= 0.6 is 8.22 Å². The lowest BCUT2D eigenvalue weighted by atomic mass is 10.3. The summed E-state index contributed by atoms with van der Waals surface area (Å²) in [5, 5.41) is 6.75. The Morgan fingerprint density at radius 3 is 2.58 bits per heavy atom. The smallest absolute Gasteiger partial charge is 0.323 e. The van der Waals surface area contributed by atoms with Gasteiger partial charge in [-0.2, -0.15) is 4.98 Å². The highest BCUT2D eigenvalue weighted by molar-refractivity contribution is 7.53. The molecule has 14 heteroatoms. The van der Waals surface area contributed by atoms with Crippen molar-refractivity contribution in [1.29, 1.82) is 0 Å². The third-order valence-corrected chi connectivity index (χ3v) is 7.09. The number of aromatic nitrogens is 4. The Bertz CT molecular complexity index is 1050. The Morgan fingerprint density at radius 1 is 1.32 bits per heavy atom. The van der Waals surface area contributed by atoms with Crippen LogP contribution in [0.25, 0.3) is 11.2 Å². The number of ether oxygens (including phenoxy) is 3. The molecule has 3 rings (SSSR count). The van der Waals surface area contributed by atoms with Crippen LogP contribution in [0.3, 0.4) is 0 Å². The molecule has 1 aliphatic carbocycles. The molecule has 0 radical (unpaired) electrons. The summed E-state index contributed by atoms with van der Waals surface area (Å²) < 4.78 is 17.3. The van der Waals surface area contributed by atoms with Gasteiger partial charge in [0.2, 0.25) is 5.95 Å². The molecule has 2 aromatic rings. The molecular weight excluding hydrogens is 513 g/mol. The largest absolute Gasteiger partial charge is 0.468 e. The summed E-state index contributed by atoms with van der Waals surface area (Å²) in [5.74, 6) is -0.170. The molecular formula is C24H40N7O6P. The number of hydrogen-bond donors (Lipinski definition) is 4. The van der Waals surface area contributed by atoms with Crippen molar-refractivity contribution < 1.29 is 23.8 Å². The van der Waals surface area contributed by atoms with Crippen LogP contribution in [0.2, 0.25) is 0 Å². The Kier molecular flexibility index (Phi) is 15.8. The van der Waals surface area contributed by atoms with E-state index in [0.29, 0.717) is 38.2 Å². The summed E-state index contributed by atoms with van der Waals surface area (Å²) in [4.78, 5) is 44.1. The SMILES string of the molecule is C#C.CC(C)NP(COCCn1cnc2c(=O)[nH]c(N)nc21)N[C@@H](C)C(=O)OC1CCCC1.CCOC=O. The van der Waals surface area contributed by atoms with Crippen molar-refractivity contribution in [2.75, 3.05) is 25.3 Å². The van der Waals surface area contributed by atoms with Crippen LogP contribution in [-0.4, -0.2) is 69.7 Å². The fraction of sp³-hybridized carbons (Fsp3) is 0.625. The molecule has 0 saturated heterocycles. The van der Waals surface area contributed by atoms with Crippen LogP contribution in [0.4, 0.5) is 5.95 Å². The van der Waals surface area contributed by atoms with Crippen LogP contribution in [0, 0.1) is 12.8 Å². The van der Waals surface area contributed by atoms with Gasteiger partial charge in [0.05, 0.1) is 34.1 Å². The second-order valence-electron chi connectivity index (χ2n) is 8.56. The number of carbonyl (C=O) groups is 2. The minimum atomic E-state index is -0.942. The molecule has 0 spiro atoms. The lowest BCUT2D eigenvalue weighted by Gasteiger charge is -2.26. The van der Waals surface area contributed by atoms with Crippen molar-refractivity contribution in [3.05, 3.63) is 16.7 Å². The Balaban J connectivity index is 0.000000924. The molecule has 5 N–H and O–H groups in total. The third-order valence-electron chi connectivity index (χ3n) is 5.13. The second kappa shape index (κ2) is 18.3. The van der Waals surface area contributed by atoms with Crippen LogP contribution in [-0.2, 0) is 30.3 Å². The van der Waals surface area contributed by atoms with E-state index < -0.39 is 14.3 Å². The summed E-state index contributed by atoms with van der Waals surface area (Å²) in [6.45, 7) is 9.43. The van der Waals surface area contributed by atoms with Crippen molar-refractivity contribution in [1.82, 2.24) is 29.7 Å². The molecule has 212 valence electrons. The van der Waals surface area contributed by atoms with Crippen LogP contribution < -0.4 is 21.5 Å². The summed E-state index contributed by atoms with van der Waals surface area (Å²) in [6, 6.07) is -0.185. The summed E-state index contributed by atoms with van der Waals surface area (Å²) >= 11 is 0. The van der Waals surface area contributed by atoms with Gasteiger partial charge >= 0.3 is 5.97 Å². The first-order valence-corrected chi connectivity index (χ1v) is 13.9. The molecule has 0 aromatic carbocycles. The Labute approximate surface area is 224 Å². The monoisotopic (exact) mass is 553 g/mol. The molecule has 1 unspecified atom stereocenters. The zero-order valence-corrected chi connectivity index (χ0v) is 23.4. The van der Waals surface area contributed by atoms with Gasteiger partial charge in [0.15, 0.2) is 11.2 Å². The number of hydrogen-bond acceptors (Lipinski definition) is 11. The molecule has 2 aromatic heterocycles. The number of nitrogen functional groups attached to an aromatic ring is 1. The number of aromatic amines is 1. The van der Waals surface area contributed by atoms with Crippen molar-refractivity contribution in [2.24, 2.45) is 0 Å². The second-order valence-corrected chi connectivity index (χ2v) is 10.2.